The van der Waals surface area contributed by atoms with Crippen LogP contribution in [0.15, 0.2) is 78.0 Å². The molecule has 4 aromatic rings. The third-order valence-electron chi connectivity index (χ3n) is 4.86. The van der Waals surface area contributed by atoms with Crippen LogP contribution in [0.5, 0.6) is 0 Å². The minimum absolute atomic E-state index is 0.258. The maximum absolute atomic E-state index is 13.5. The van der Waals surface area contributed by atoms with Crippen LogP contribution < -0.4 is 5.48 Å². The second-order valence-electron chi connectivity index (χ2n) is 6.89. The number of H-pyrrole nitrogens is 1. The highest BCUT2D eigenvalue weighted by molar-refractivity contribution is 6.04. The zero-order valence-corrected chi connectivity index (χ0v) is 16.1. The normalized spacial score (nSPS) is 15.7. The summed E-state index contributed by atoms with van der Waals surface area (Å²) in [6, 6.07) is 18.0. The van der Waals surface area contributed by atoms with Crippen LogP contribution in [0.2, 0.25) is 0 Å². The van der Waals surface area contributed by atoms with E-state index in [2.05, 4.69) is 20.4 Å². The van der Waals surface area contributed by atoms with Crippen molar-refractivity contribution in [1.29, 1.82) is 0 Å². The summed E-state index contributed by atoms with van der Waals surface area (Å²) in [5.41, 5.74) is 7.96. The largest absolute Gasteiger partial charge is 0.337 e. The van der Waals surface area contributed by atoms with Gasteiger partial charge < -0.3 is 4.98 Å². The molecule has 7 heteroatoms. The second-order valence-corrected chi connectivity index (χ2v) is 6.89. The van der Waals surface area contributed by atoms with Crippen LogP contribution in [0, 0.1) is 5.82 Å². The van der Waals surface area contributed by atoms with E-state index < -0.39 is 0 Å². The fourth-order valence-corrected chi connectivity index (χ4v) is 3.44. The molecular formula is C23H18FN5O. The number of hydrogen-bond donors (Lipinski definition) is 2. The molecule has 30 heavy (non-hydrogen) atoms. The van der Waals surface area contributed by atoms with Crippen LogP contribution in [-0.4, -0.2) is 27.0 Å². The van der Waals surface area contributed by atoms with Gasteiger partial charge in [-0.15, -0.1) is 0 Å². The van der Waals surface area contributed by atoms with Crippen LogP contribution >= 0.6 is 0 Å². The topological polar surface area (TPSA) is 75.2 Å². The van der Waals surface area contributed by atoms with Gasteiger partial charge in [0.1, 0.15) is 11.6 Å². The molecule has 1 aliphatic heterocycles. The van der Waals surface area contributed by atoms with Gasteiger partial charge in [-0.25, -0.2) is 24.7 Å². The fourth-order valence-electron chi connectivity index (χ4n) is 3.44. The maximum atomic E-state index is 13.5. The van der Waals surface area contributed by atoms with Crippen molar-refractivity contribution >= 4 is 5.84 Å². The number of hydrogen-bond acceptors (Lipinski definition) is 5. The molecule has 1 atom stereocenters. The number of pyridine rings is 1. The number of halogens is 1. The van der Waals surface area contributed by atoms with Crippen molar-refractivity contribution in [2.45, 2.75) is 13.2 Å². The third-order valence-corrected chi connectivity index (χ3v) is 4.86. The summed E-state index contributed by atoms with van der Waals surface area (Å²) >= 11 is 0. The van der Waals surface area contributed by atoms with Gasteiger partial charge in [-0.2, -0.15) is 0 Å². The Morgan fingerprint density at radius 2 is 1.63 bits per heavy atom. The SMILES string of the molecule is CC1N=C(c2ccccc2-c2nc(-c3ccc(F)cc3)c(-c3ccncc3)[nH]2)NO1. The van der Waals surface area contributed by atoms with E-state index in [1.807, 2.05) is 43.3 Å². The molecule has 1 aliphatic rings. The van der Waals surface area contributed by atoms with Gasteiger partial charge in [-0.3, -0.25) is 4.98 Å². The first-order valence-corrected chi connectivity index (χ1v) is 9.54. The summed E-state index contributed by atoms with van der Waals surface area (Å²) in [6.07, 6.45) is 3.20. The highest BCUT2D eigenvalue weighted by atomic mass is 19.1. The summed E-state index contributed by atoms with van der Waals surface area (Å²) in [4.78, 5) is 22.3. The highest BCUT2D eigenvalue weighted by Crippen LogP contribution is 2.34. The van der Waals surface area contributed by atoms with Gasteiger partial charge in [0, 0.05) is 34.6 Å². The molecule has 1 unspecified atom stereocenters. The Kier molecular flexibility index (Phi) is 4.57. The van der Waals surface area contributed by atoms with Gasteiger partial charge >= 0.3 is 0 Å². The molecule has 0 spiro atoms. The predicted octanol–water partition coefficient (Wildman–Crippen LogP) is 4.57. The van der Waals surface area contributed by atoms with Gasteiger partial charge in [0.2, 0.25) is 0 Å². The first-order chi connectivity index (χ1) is 14.7. The minimum Gasteiger partial charge on any atom is -0.337 e. The lowest BCUT2D eigenvalue weighted by molar-refractivity contribution is 0.0504. The van der Waals surface area contributed by atoms with E-state index in [9.17, 15) is 4.39 Å². The Bertz CT molecular complexity index is 1220. The number of nitrogens with zero attached hydrogens (tertiary/aromatic N) is 3. The Morgan fingerprint density at radius 1 is 0.900 bits per heavy atom. The van der Waals surface area contributed by atoms with E-state index >= 15 is 0 Å². The zero-order chi connectivity index (χ0) is 20.5. The molecule has 2 aromatic carbocycles. The molecule has 0 radical (unpaired) electrons. The van der Waals surface area contributed by atoms with Crippen LogP contribution in [0.4, 0.5) is 4.39 Å². The van der Waals surface area contributed by atoms with Gasteiger partial charge in [-0.1, -0.05) is 24.3 Å². The smallest absolute Gasteiger partial charge is 0.174 e. The number of benzene rings is 2. The molecular weight excluding hydrogens is 381 g/mol. The lowest BCUT2D eigenvalue weighted by Gasteiger charge is -2.06. The molecule has 2 aromatic heterocycles. The van der Waals surface area contributed by atoms with Crippen molar-refractivity contribution in [3.63, 3.8) is 0 Å². The van der Waals surface area contributed by atoms with Crippen LogP contribution in [0.1, 0.15) is 12.5 Å². The lowest BCUT2D eigenvalue weighted by Crippen LogP contribution is -2.19. The molecule has 0 fully saturated rings. The summed E-state index contributed by atoms with van der Waals surface area (Å²) in [7, 11) is 0. The van der Waals surface area contributed by atoms with Gasteiger partial charge in [-0.05, 0) is 43.3 Å². The number of amidine groups is 1. The van der Waals surface area contributed by atoms with Gasteiger partial charge in [0.15, 0.2) is 12.1 Å². The first-order valence-electron chi connectivity index (χ1n) is 9.54. The second kappa shape index (κ2) is 7.53. The summed E-state index contributed by atoms with van der Waals surface area (Å²) in [6.45, 7) is 1.86. The maximum Gasteiger partial charge on any atom is 0.174 e. The Balaban J connectivity index is 1.68. The Labute approximate surface area is 172 Å². The van der Waals surface area contributed by atoms with Crippen LogP contribution in [-0.2, 0) is 4.84 Å². The van der Waals surface area contributed by atoms with E-state index in [0.717, 1.165) is 33.6 Å². The molecule has 0 aliphatic carbocycles. The predicted molar refractivity (Wildman–Crippen MR) is 113 cm³/mol. The number of imidazole rings is 1. The molecule has 0 saturated carbocycles. The molecule has 2 N–H and O–H groups in total. The van der Waals surface area contributed by atoms with Crippen LogP contribution in [0.3, 0.4) is 0 Å². The first kappa shape index (κ1) is 18.2. The summed E-state index contributed by atoms with van der Waals surface area (Å²) < 4.78 is 13.5. The van der Waals surface area contributed by atoms with Crippen LogP contribution in [0.25, 0.3) is 33.9 Å². The van der Waals surface area contributed by atoms with Crippen molar-refractivity contribution in [1.82, 2.24) is 20.4 Å². The number of rotatable bonds is 4. The van der Waals surface area contributed by atoms with Crippen molar-refractivity contribution in [3.8, 4) is 33.9 Å². The molecule has 0 saturated heterocycles. The van der Waals surface area contributed by atoms with Crippen molar-refractivity contribution < 1.29 is 9.23 Å². The molecule has 0 amide bonds. The minimum atomic E-state index is -0.287. The Morgan fingerprint density at radius 3 is 2.33 bits per heavy atom. The molecule has 3 heterocycles. The van der Waals surface area contributed by atoms with E-state index in [1.54, 1.807) is 24.5 Å². The van der Waals surface area contributed by atoms with Gasteiger partial charge in [0.25, 0.3) is 0 Å². The number of aromatic amines is 1. The number of hydroxylamine groups is 1. The average molecular weight is 399 g/mol. The standard InChI is InChI=1S/C23H18FN5O/c1-14-26-23(29-30-14)19-5-3-2-4-18(19)22-27-20(15-6-8-17(24)9-7-15)21(28-22)16-10-12-25-13-11-16/h2-14H,1H3,(H,26,29)(H,27,28). The Hall–Kier alpha value is -3.84. The number of aliphatic imine (C=N–C) groups is 1. The molecule has 6 nitrogen and oxygen atoms in total. The quantitative estimate of drug-likeness (QED) is 0.527. The summed E-state index contributed by atoms with van der Waals surface area (Å²) in [5.74, 6) is 1.05. The van der Waals surface area contributed by atoms with Gasteiger partial charge in [0.05, 0.1) is 11.4 Å². The highest BCUT2D eigenvalue weighted by Gasteiger charge is 2.21. The van der Waals surface area contributed by atoms with E-state index in [0.29, 0.717) is 11.7 Å². The van der Waals surface area contributed by atoms with Crippen molar-refractivity contribution in [2.24, 2.45) is 4.99 Å². The monoisotopic (exact) mass is 399 g/mol. The third kappa shape index (κ3) is 3.35. The van der Waals surface area contributed by atoms with E-state index in [1.165, 1.54) is 12.1 Å². The van der Waals surface area contributed by atoms with E-state index in [-0.39, 0.29) is 12.0 Å². The average Bonchev–Trinajstić information content (AvgIpc) is 3.42. The summed E-state index contributed by atoms with van der Waals surface area (Å²) in [5, 5.41) is 0. The number of aromatic nitrogens is 3. The van der Waals surface area contributed by atoms with Crippen molar-refractivity contribution in [3.05, 3.63) is 84.4 Å². The molecule has 5 rings (SSSR count). The number of nitrogens with one attached hydrogen (secondary N) is 2. The van der Waals surface area contributed by atoms with Crippen molar-refractivity contribution in [2.75, 3.05) is 0 Å². The molecule has 0 bridgehead atoms. The van der Waals surface area contributed by atoms with E-state index in [4.69, 9.17) is 9.82 Å². The lowest BCUT2D eigenvalue weighted by atomic mass is 10.1. The zero-order valence-electron chi connectivity index (χ0n) is 16.1. The molecule has 148 valence electrons. The fraction of sp³-hybridized carbons (Fsp3) is 0.0870.